The van der Waals surface area contributed by atoms with E-state index in [9.17, 15) is 4.79 Å². The van der Waals surface area contributed by atoms with E-state index in [-0.39, 0.29) is 5.91 Å². The van der Waals surface area contributed by atoms with Gasteiger partial charge in [-0.3, -0.25) is 14.2 Å². The SMILES string of the molecule is CCn1cc(-c2cc(C(=O)Nc3cnn(Cc4ccc(Cl)c(Cl)c4)c3)c3ccccc3n2)c(C)n1. The Morgan fingerprint density at radius 2 is 1.86 bits per heavy atom. The molecule has 0 bridgehead atoms. The number of nitrogens with zero attached hydrogens (tertiary/aromatic N) is 5. The number of halogens is 2. The van der Waals surface area contributed by atoms with Crippen LogP contribution in [0.3, 0.4) is 0 Å². The minimum atomic E-state index is -0.237. The molecule has 0 spiro atoms. The van der Waals surface area contributed by atoms with Crippen LogP contribution in [0.25, 0.3) is 22.2 Å². The Bertz CT molecular complexity index is 1560. The van der Waals surface area contributed by atoms with Crippen LogP contribution in [-0.2, 0) is 13.1 Å². The van der Waals surface area contributed by atoms with Crippen molar-refractivity contribution in [3.8, 4) is 11.3 Å². The molecule has 1 amide bonds. The Hall–Kier alpha value is -3.68. The van der Waals surface area contributed by atoms with Crippen molar-refractivity contribution in [2.24, 2.45) is 0 Å². The summed E-state index contributed by atoms with van der Waals surface area (Å²) in [6.45, 7) is 5.23. The number of benzene rings is 2. The molecule has 3 heterocycles. The number of hydrogen-bond donors (Lipinski definition) is 1. The molecule has 0 radical (unpaired) electrons. The van der Waals surface area contributed by atoms with Gasteiger partial charge in [0.2, 0.25) is 0 Å². The first-order valence-electron chi connectivity index (χ1n) is 11.1. The fraction of sp³-hybridized carbons (Fsp3) is 0.154. The second kappa shape index (κ2) is 9.52. The first-order chi connectivity index (χ1) is 16.9. The molecule has 5 rings (SSSR count). The van der Waals surface area contributed by atoms with Crippen LogP contribution in [0.15, 0.2) is 67.1 Å². The monoisotopic (exact) mass is 504 g/mol. The highest BCUT2D eigenvalue weighted by molar-refractivity contribution is 6.42. The van der Waals surface area contributed by atoms with Gasteiger partial charge in [-0.2, -0.15) is 10.2 Å². The van der Waals surface area contributed by atoms with Gasteiger partial charge >= 0.3 is 0 Å². The fourth-order valence-corrected chi connectivity index (χ4v) is 4.29. The molecule has 1 N–H and O–H groups in total. The lowest BCUT2D eigenvalue weighted by Gasteiger charge is -2.09. The Kier molecular flexibility index (Phi) is 6.28. The number of carbonyl (C=O) groups is 1. The Morgan fingerprint density at radius 1 is 1.03 bits per heavy atom. The van der Waals surface area contributed by atoms with Gasteiger partial charge in [-0.1, -0.05) is 47.5 Å². The van der Waals surface area contributed by atoms with Crippen LogP contribution in [0, 0.1) is 6.92 Å². The summed E-state index contributed by atoms with van der Waals surface area (Å²) in [6.07, 6.45) is 5.36. The Morgan fingerprint density at radius 3 is 2.63 bits per heavy atom. The normalized spacial score (nSPS) is 11.2. The summed E-state index contributed by atoms with van der Waals surface area (Å²) in [5, 5.41) is 13.6. The summed E-state index contributed by atoms with van der Waals surface area (Å²) in [7, 11) is 0. The minimum absolute atomic E-state index is 0.237. The second-order valence-electron chi connectivity index (χ2n) is 8.19. The zero-order valence-corrected chi connectivity index (χ0v) is 20.7. The van der Waals surface area contributed by atoms with Gasteiger partial charge in [0.05, 0.1) is 50.9 Å². The van der Waals surface area contributed by atoms with Crippen LogP contribution in [0.1, 0.15) is 28.5 Å². The van der Waals surface area contributed by atoms with Crippen LogP contribution in [0.5, 0.6) is 0 Å². The van der Waals surface area contributed by atoms with E-state index in [2.05, 4.69) is 15.5 Å². The van der Waals surface area contributed by atoms with Gasteiger partial charge in [0.1, 0.15) is 0 Å². The number of rotatable bonds is 6. The number of aryl methyl sites for hydroxylation is 2. The van der Waals surface area contributed by atoms with Gasteiger partial charge in [0.25, 0.3) is 5.91 Å². The quantitative estimate of drug-likeness (QED) is 0.297. The molecule has 0 aliphatic heterocycles. The van der Waals surface area contributed by atoms with Crippen LogP contribution < -0.4 is 5.32 Å². The van der Waals surface area contributed by atoms with Gasteiger partial charge in [-0.05, 0) is 43.7 Å². The predicted octanol–water partition coefficient (Wildman–Crippen LogP) is 6.23. The third-order valence-electron chi connectivity index (χ3n) is 5.73. The molecular weight excluding hydrogens is 483 g/mol. The van der Waals surface area contributed by atoms with Crippen LogP contribution in [0.4, 0.5) is 5.69 Å². The number of aromatic nitrogens is 5. The van der Waals surface area contributed by atoms with Crippen LogP contribution >= 0.6 is 23.2 Å². The highest BCUT2D eigenvalue weighted by Gasteiger charge is 2.17. The average Bonchev–Trinajstić information content (AvgIpc) is 3.46. The van der Waals surface area contributed by atoms with Crippen molar-refractivity contribution in [1.29, 1.82) is 0 Å². The average molecular weight is 505 g/mol. The number of nitrogens with one attached hydrogen (secondary N) is 1. The molecule has 9 heteroatoms. The summed E-state index contributed by atoms with van der Waals surface area (Å²) in [4.78, 5) is 18.2. The zero-order valence-electron chi connectivity index (χ0n) is 19.2. The number of carbonyl (C=O) groups excluding carboxylic acids is 1. The van der Waals surface area contributed by atoms with E-state index in [0.717, 1.165) is 34.3 Å². The Balaban J connectivity index is 1.44. The first-order valence-corrected chi connectivity index (χ1v) is 11.9. The topological polar surface area (TPSA) is 77.6 Å². The number of pyridine rings is 1. The van der Waals surface area contributed by atoms with Crippen molar-refractivity contribution in [3.05, 3.63) is 94.0 Å². The minimum Gasteiger partial charge on any atom is -0.319 e. The van der Waals surface area contributed by atoms with Gasteiger partial charge in [-0.15, -0.1) is 0 Å². The highest BCUT2D eigenvalue weighted by atomic mass is 35.5. The fourth-order valence-electron chi connectivity index (χ4n) is 3.97. The molecule has 0 aliphatic carbocycles. The van der Waals surface area contributed by atoms with E-state index in [1.807, 2.05) is 61.1 Å². The molecular formula is C26H22Cl2N6O. The van der Waals surface area contributed by atoms with Crippen LogP contribution in [0.2, 0.25) is 10.0 Å². The van der Waals surface area contributed by atoms with E-state index < -0.39 is 0 Å². The van der Waals surface area contributed by atoms with Gasteiger partial charge in [0.15, 0.2) is 0 Å². The largest absolute Gasteiger partial charge is 0.319 e. The lowest BCUT2D eigenvalue weighted by molar-refractivity contribution is 0.102. The number of anilines is 1. The smallest absolute Gasteiger partial charge is 0.256 e. The van der Waals surface area contributed by atoms with Crippen molar-refractivity contribution < 1.29 is 4.79 Å². The van der Waals surface area contributed by atoms with E-state index in [1.54, 1.807) is 29.2 Å². The second-order valence-corrected chi connectivity index (χ2v) is 9.00. The molecule has 0 saturated carbocycles. The maximum atomic E-state index is 13.4. The zero-order chi connectivity index (χ0) is 24.5. The summed E-state index contributed by atoms with van der Waals surface area (Å²) in [6, 6.07) is 14.9. The molecule has 176 valence electrons. The van der Waals surface area contributed by atoms with Gasteiger partial charge < -0.3 is 5.32 Å². The molecule has 0 fully saturated rings. The lowest BCUT2D eigenvalue weighted by Crippen LogP contribution is -2.13. The third kappa shape index (κ3) is 4.78. The highest BCUT2D eigenvalue weighted by Crippen LogP contribution is 2.28. The van der Waals surface area contributed by atoms with Gasteiger partial charge in [-0.25, -0.2) is 4.98 Å². The molecule has 3 aromatic heterocycles. The summed E-state index contributed by atoms with van der Waals surface area (Å²) in [5.41, 5.74) is 5.30. The number of para-hydroxylation sites is 1. The molecule has 0 saturated heterocycles. The van der Waals surface area contributed by atoms with E-state index in [0.29, 0.717) is 33.5 Å². The summed E-state index contributed by atoms with van der Waals surface area (Å²) >= 11 is 12.1. The molecule has 0 aliphatic rings. The molecule has 7 nitrogen and oxygen atoms in total. The summed E-state index contributed by atoms with van der Waals surface area (Å²) < 4.78 is 3.59. The van der Waals surface area contributed by atoms with Crippen molar-refractivity contribution >= 4 is 45.7 Å². The molecule has 5 aromatic rings. The first kappa shape index (κ1) is 23.1. The van der Waals surface area contributed by atoms with Crippen molar-refractivity contribution in [2.75, 3.05) is 5.32 Å². The maximum absolute atomic E-state index is 13.4. The Labute approximate surface area is 212 Å². The molecule has 35 heavy (non-hydrogen) atoms. The van der Waals surface area contributed by atoms with Crippen molar-refractivity contribution in [2.45, 2.75) is 26.9 Å². The van der Waals surface area contributed by atoms with Crippen molar-refractivity contribution in [3.63, 3.8) is 0 Å². The third-order valence-corrected chi connectivity index (χ3v) is 6.47. The number of amides is 1. The van der Waals surface area contributed by atoms with E-state index in [4.69, 9.17) is 28.2 Å². The molecule has 0 unspecified atom stereocenters. The van der Waals surface area contributed by atoms with Gasteiger partial charge in [0, 0.05) is 29.9 Å². The van der Waals surface area contributed by atoms with Crippen molar-refractivity contribution in [1.82, 2.24) is 24.5 Å². The maximum Gasteiger partial charge on any atom is 0.256 e. The molecule has 0 atom stereocenters. The number of hydrogen-bond acceptors (Lipinski definition) is 4. The van der Waals surface area contributed by atoms with E-state index in [1.165, 1.54) is 0 Å². The van der Waals surface area contributed by atoms with Crippen LogP contribution in [-0.4, -0.2) is 30.5 Å². The number of fused-ring (bicyclic) bond motifs is 1. The predicted molar refractivity (Wildman–Crippen MR) is 139 cm³/mol. The standard InChI is InChI=1S/C26H22Cl2N6O/c1-3-33-15-21(16(2)32-33)25-11-20(19-6-4-5-7-24(19)31-25)26(35)30-18-12-29-34(14-18)13-17-8-9-22(27)23(28)10-17/h4-12,14-15H,3,13H2,1-2H3,(H,30,35). The molecule has 2 aromatic carbocycles. The lowest BCUT2D eigenvalue weighted by atomic mass is 10.0. The van der Waals surface area contributed by atoms with E-state index >= 15 is 0 Å². The summed E-state index contributed by atoms with van der Waals surface area (Å²) in [5.74, 6) is -0.237.